The summed E-state index contributed by atoms with van der Waals surface area (Å²) in [7, 11) is 0. The van der Waals surface area contributed by atoms with Crippen molar-refractivity contribution in [2.45, 2.75) is 64.8 Å². The van der Waals surface area contributed by atoms with Crippen LogP contribution in [0.1, 0.15) is 68.1 Å². The van der Waals surface area contributed by atoms with Gasteiger partial charge < -0.3 is 0 Å². The fraction of sp³-hybridized carbons (Fsp3) is 0.455. The summed E-state index contributed by atoms with van der Waals surface area (Å²) in [6, 6.07) is 10.4. The van der Waals surface area contributed by atoms with Crippen LogP contribution in [0, 0.1) is 0 Å². The molecule has 0 saturated heterocycles. The molecule has 0 atom stereocenters. The highest BCUT2D eigenvalue weighted by atomic mass is 16.1. The smallest absolute Gasteiger partial charge is 0.227 e. The molecule has 0 radical (unpaired) electrons. The molecule has 126 valence electrons. The molecule has 0 unspecified atom stereocenters. The van der Waals surface area contributed by atoms with E-state index >= 15 is 0 Å². The average Bonchev–Trinajstić information content (AvgIpc) is 2.82. The van der Waals surface area contributed by atoms with Gasteiger partial charge in [-0.25, -0.2) is 0 Å². The highest BCUT2D eigenvalue weighted by Crippen LogP contribution is 2.42. The van der Waals surface area contributed by atoms with Gasteiger partial charge in [-0.3, -0.25) is 4.79 Å². The maximum absolute atomic E-state index is 13.0. The van der Waals surface area contributed by atoms with Gasteiger partial charge in [-0.05, 0) is 46.4 Å². The van der Waals surface area contributed by atoms with E-state index in [-0.39, 0.29) is 16.6 Å². The van der Waals surface area contributed by atoms with Crippen LogP contribution >= 0.6 is 0 Å². The predicted octanol–water partition coefficient (Wildman–Crippen LogP) is 4.38. The molecule has 1 aromatic carbocycles. The lowest BCUT2D eigenvalue weighted by atomic mass is 9.79. The molecular formula is C22H28NO+. The molecule has 1 aliphatic rings. The molecule has 0 N–H and O–H groups in total. The third kappa shape index (κ3) is 3.15. The first kappa shape index (κ1) is 16.9. The van der Waals surface area contributed by atoms with Crippen molar-refractivity contribution in [3.05, 3.63) is 65.0 Å². The van der Waals surface area contributed by atoms with Crippen molar-refractivity contribution >= 4 is 5.78 Å². The average molecular weight is 322 g/mol. The summed E-state index contributed by atoms with van der Waals surface area (Å²) in [5.41, 5.74) is 5.04. The molecule has 2 heteroatoms. The van der Waals surface area contributed by atoms with E-state index in [9.17, 15) is 4.79 Å². The number of carbonyl (C=O) groups is 1. The van der Waals surface area contributed by atoms with Crippen molar-refractivity contribution in [3.63, 3.8) is 0 Å². The van der Waals surface area contributed by atoms with Gasteiger partial charge in [0.05, 0.1) is 0 Å². The van der Waals surface area contributed by atoms with Crippen LogP contribution in [0.3, 0.4) is 0 Å². The van der Waals surface area contributed by atoms with Crippen LogP contribution in [0.4, 0.5) is 0 Å². The van der Waals surface area contributed by atoms with Gasteiger partial charge in [0, 0.05) is 17.7 Å². The summed E-state index contributed by atoms with van der Waals surface area (Å²) < 4.78 is 1.96. The van der Waals surface area contributed by atoms with Gasteiger partial charge in [-0.1, -0.05) is 46.8 Å². The molecule has 24 heavy (non-hydrogen) atoms. The number of rotatable bonds is 3. The number of benzene rings is 1. The van der Waals surface area contributed by atoms with E-state index in [1.54, 1.807) is 0 Å². The van der Waals surface area contributed by atoms with Crippen molar-refractivity contribution in [1.29, 1.82) is 0 Å². The van der Waals surface area contributed by atoms with Crippen molar-refractivity contribution in [1.82, 2.24) is 0 Å². The second-order valence-corrected chi connectivity index (χ2v) is 8.65. The van der Waals surface area contributed by atoms with Gasteiger partial charge in [0.25, 0.3) is 0 Å². The van der Waals surface area contributed by atoms with Crippen molar-refractivity contribution < 1.29 is 9.36 Å². The largest absolute Gasteiger partial charge is 0.287 e. The zero-order chi connectivity index (χ0) is 17.5. The Bertz CT molecular complexity index is 767. The Labute approximate surface area is 145 Å². The number of pyridine rings is 1. The summed E-state index contributed by atoms with van der Waals surface area (Å²) in [6.07, 6.45) is 6.04. The molecule has 2 nitrogen and oxygen atoms in total. The van der Waals surface area contributed by atoms with Gasteiger partial charge in [-0.2, -0.15) is 4.57 Å². The Kier molecular flexibility index (Phi) is 4.11. The number of nitrogens with zero attached hydrogens (tertiary/aromatic N) is 1. The first-order chi connectivity index (χ1) is 11.2. The van der Waals surface area contributed by atoms with Crippen molar-refractivity contribution in [2.24, 2.45) is 0 Å². The van der Waals surface area contributed by atoms with E-state index in [0.29, 0.717) is 6.54 Å². The Hall–Kier alpha value is -1.96. The third-order valence-corrected chi connectivity index (χ3v) is 5.25. The molecule has 0 spiro atoms. The van der Waals surface area contributed by atoms with Gasteiger partial charge in [0.2, 0.25) is 12.3 Å². The molecule has 0 aliphatic heterocycles. The van der Waals surface area contributed by atoms with E-state index in [0.717, 1.165) is 18.4 Å². The lowest BCUT2D eigenvalue weighted by Crippen LogP contribution is -2.37. The standard InChI is InChI=1S/C22H28NO/c1-21(2,3)16-13-18(17-9-10-22(4,5)19(17)14-16)20(24)15-23-11-7-6-8-12-23/h6-8,11-14H,9-10,15H2,1-5H3/q+1. The summed E-state index contributed by atoms with van der Waals surface area (Å²) in [5.74, 6) is 0.214. The minimum atomic E-state index is 0.0443. The lowest BCUT2D eigenvalue weighted by molar-refractivity contribution is -0.683. The molecule has 2 aromatic rings. The SMILES string of the molecule is CC(C)(C)c1cc(C(=O)C[n+]2ccccc2)c2c(c1)C(C)(C)CC2. The summed E-state index contributed by atoms with van der Waals surface area (Å²) >= 11 is 0. The Morgan fingerprint density at radius 3 is 2.42 bits per heavy atom. The number of ketones is 1. The van der Waals surface area contributed by atoms with Gasteiger partial charge in [0.15, 0.2) is 12.4 Å². The van der Waals surface area contributed by atoms with Gasteiger partial charge >= 0.3 is 0 Å². The molecule has 1 heterocycles. The van der Waals surface area contributed by atoms with Crippen LogP contribution in [0.5, 0.6) is 0 Å². The normalized spacial score (nSPS) is 16.0. The highest BCUT2D eigenvalue weighted by molar-refractivity contribution is 5.97. The molecule has 0 bridgehead atoms. The fourth-order valence-electron chi connectivity index (χ4n) is 3.59. The minimum absolute atomic E-state index is 0.0443. The van der Waals surface area contributed by atoms with Crippen LogP contribution in [-0.4, -0.2) is 5.78 Å². The number of fused-ring (bicyclic) bond motifs is 1. The van der Waals surface area contributed by atoms with Crippen LogP contribution in [0.2, 0.25) is 0 Å². The molecule has 0 fully saturated rings. The van der Waals surface area contributed by atoms with E-state index in [1.165, 1.54) is 16.7 Å². The van der Waals surface area contributed by atoms with E-state index in [1.807, 2.05) is 35.2 Å². The van der Waals surface area contributed by atoms with Crippen molar-refractivity contribution in [2.75, 3.05) is 0 Å². The topological polar surface area (TPSA) is 20.9 Å². The molecule has 1 aromatic heterocycles. The first-order valence-electron chi connectivity index (χ1n) is 8.84. The quantitative estimate of drug-likeness (QED) is 0.607. The molecular weight excluding hydrogens is 294 g/mol. The zero-order valence-electron chi connectivity index (χ0n) is 15.5. The van der Waals surface area contributed by atoms with E-state index in [2.05, 4.69) is 46.8 Å². The van der Waals surface area contributed by atoms with E-state index in [4.69, 9.17) is 0 Å². The molecule has 0 saturated carbocycles. The number of carbonyl (C=O) groups excluding carboxylic acids is 1. The molecule has 3 rings (SSSR count). The second kappa shape index (κ2) is 5.84. The van der Waals surface area contributed by atoms with Crippen LogP contribution in [-0.2, 0) is 23.8 Å². The Balaban J connectivity index is 2.07. The van der Waals surface area contributed by atoms with E-state index < -0.39 is 0 Å². The van der Waals surface area contributed by atoms with Crippen LogP contribution in [0.25, 0.3) is 0 Å². The first-order valence-corrected chi connectivity index (χ1v) is 8.84. The number of Topliss-reactive ketones (excluding diaryl/α,β-unsaturated/α-hetero) is 1. The molecule has 0 amide bonds. The Morgan fingerprint density at radius 2 is 1.79 bits per heavy atom. The zero-order valence-corrected chi connectivity index (χ0v) is 15.5. The van der Waals surface area contributed by atoms with Crippen molar-refractivity contribution in [3.8, 4) is 0 Å². The summed E-state index contributed by atoms with van der Waals surface area (Å²) in [6.45, 7) is 11.7. The van der Waals surface area contributed by atoms with Gasteiger partial charge in [-0.15, -0.1) is 0 Å². The number of hydrogen-bond acceptors (Lipinski definition) is 1. The van der Waals surface area contributed by atoms with Gasteiger partial charge in [0.1, 0.15) is 0 Å². The maximum Gasteiger partial charge on any atom is 0.227 e. The minimum Gasteiger partial charge on any atom is -0.287 e. The molecule has 1 aliphatic carbocycles. The number of aromatic nitrogens is 1. The summed E-state index contributed by atoms with van der Waals surface area (Å²) in [4.78, 5) is 13.0. The second-order valence-electron chi connectivity index (χ2n) is 8.65. The summed E-state index contributed by atoms with van der Waals surface area (Å²) in [5, 5.41) is 0. The monoisotopic (exact) mass is 322 g/mol. The van der Waals surface area contributed by atoms with Crippen LogP contribution in [0.15, 0.2) is 42.7 Å². The number of hydrogen-bond donors (Lipinski definition) is 0. The third-order valence-electron chi connectivity index (χ3n) is 5.25. The lowest BCUT2D eigenvalue weighted by Gasteiger charge is -2.25. The fourth-order valence-corrected chi connectivity index (χ4v) is 3.59. The maximum atomic E-state index is 13.0. The highest BCUT2D eigenvalue weighted by Gasteiger charge is 2.34. The Morgan fingerprint density at radius 1 is 1.12 bits per heavy atom. The predicted molar refractivity (Wildman–Crippen MR) is 97.5 cm³/mol. The van der Waals surface area contributed by atoms with Crippen LogP contribution < -0.4 is 4.57 Å².